The summed E-state index contributed by atoms with van der Waals surface area (Å²) < 4.78 is 49.7. The zero-order valence-corrected chi connectivity index (χ0v) is 20.3. The Balaban J connectivity index is 1.29. The second-order valence-electron chi connectivity index (χ2n) is 10.4. The maximum Gasteiger partial charge on any atom is 0.162 e. The Morgan fingerprint density at radius 3 is 2.18 bits per heavy atom. The molecule has 0 aliphatic heterocycles. The molecule has 2 aromatic rings. The summed E-state index contributed by atoms with van der Waals surface area (Å²) in [4.78, 5) is 0. The predicted octanol–water partition coefficient (Wildman–Crippen LogP) is 8.87. The van der Waals surface area contributed by atoms with Crippen molar-refractivity contribution in [2.75, 3.05) is 6.61 Å². The average molecular weight is 471 g/mol. The van der Waals surface area contributed by atoms with Crippen molar-refractivity contribution in [3.63, 3.8) is 0 Å². The van der Waals surface area contributed by atoms with E-state index in [1.54, 1.807) is 6.08 Å². The molecule has 34 heavy (non-hydrogen) atoms. The van der Waals surface area contributed by atoms with Crippen LogP contribution in [-0.4, -0.2) is 6.61 Å². The summed E-state index contributed by atoms with van der Waals surface area (Å²) >= 11 is 0. The Morgan fingerprint density at radius 2 is 1.50 bits per heavy atom. The van der Waals surface area contributed by atoms with E-state index in [1.165, 1.54) is 6.07 Å². The standard InChI is InChI=1S/C30H37F3O/c1-3-18-34-25-15-17-26(28(31)19-25)22-11-6-21(7-12-22)8-13-24-14-16-27(30(33)29(24)32)23-9-4-20(2)5-10-23/h3,14-17,19-23H,1,4-13,18H2,2H3. The smallest absolute Gasteiger partial charge is 0.162 e. The topological polar surface area (TPSA) is 9.23 Å². The van der Waals surface area contributed by atoms with Crippen LogP contribution < -0.4 is 4.74 Å². The fourth-order valence-corrected chi connectivity index (χ4v) is 5.89. The molecule has 2 aliphatic rings. The third-order valence-corrected chi connectivity index (χ3v) is 8.10. The lowest BCUT2D eigenvalue weighted by Crippen LogP contribution is -2.16. The van der Waals surface area contributed by atoms with E-state index in [0.717, 1.165) is 63.4 Å². The number of hydrogen-bond donors (Lipinski definition) is 0. The highest BCUT2D eigenvalue weighted by atomic mass is 19.2. The first-order valence-electron chi connectivity index (χ1n) is 13.0. The Labute approximate surface area is 202 Å². The van der Waals surface area contributed by atoms with Crippen molar-refractivity contribution in [1.82, 2.24) is 0 Å². The van der Waals surface area contributed by atoms with E-state index >= 15 is 0 Å². The average Bonchev–Trinajstić information content (AvgIpc) is 2.85. The molecule has 0 aromatic heterocycles. The van der Waals surface area contributed by atoms with Crippen molar-refractivity contribution in [3.8, 4) is 5.75 Å². The molecule has 0 unspecified atom stereocenters. The van der Waals surface area contributed by atoms with Crippen LogP contribution in [0.3, 0.4) is 0 Å². The van der Waals surface area contributed by atoms with Gasteiger partial charge in [0.1, 0.15) is 18.2 Å². The summed E-state index contributed by atoms with van der Waals surface area (Å²) in [6.07, 6.45) is 10.9. The van der Waals surface area contributed by atoms with Crippen LogP contribution in [0, 0.1) is 29.3 Å². The van der Waals surface area contributed by atoms with Crippen LogP contribution in [0.25, 0.3) is 0 Å². The molecule has 0 bridgehead atoms. The Hall–Kier alpha value is -2.23. The van der Waals surface area contributed by atoms with E-state index in [2.05, 4.69) is 13.5 Å². The first-order valence-corrected chi connectivity index (χ1v) is 13.0. The molecule has 0 amide bonds. The fraction of sp³-hybridized carbons (Fsp3) is 0.533. The zero-order valence-electron chi connectivity index (χ0n) is 20.3. The minimum Gasteiger partial charge on any atom is -0.489 e. The lowest BCUT2D eigenvalue weighted by Gasteiger charge is -2.29. The minimum absolute atomic E-state index is 0.151. The molecule has 0 radical (unpaired) electrons. The Bertz CT molecular complexity index is 969. The van der Waals surface area contributed by atoms with Crippen molar-refractivity contribution < 1.29 is 17.9 Å². The SMILES string of the molecule is C=CCOc1ccc(C2CCC(CCc3ccc(C4CCC(C)CC4)c(F)c3F)CC2)c(F)c1. The monoisotopic (exact) mass is 470 g/mol. The molecular formula is C30H37F3O. The van der Waals surface area contributed by atoms with Gasteiger partial charge in [0.2, 0.25) is 0 Å². The molecule has 0 atom stereocenters. The second kappa shape index (κ2) is 11.5. The number of halogens is 3. The summed E-state index contributed by atoms with van der Waals surface area (Å²) in [7, 11) is 0. The zero-order chi connectivity index (χ0) is 24.1. The summed E-state index contributed by atoms with van der Waals surface area (Å²) in [5.74, 6) is 0.544. The van der Waals surface area contributed by atoms with Crippen LogP contribution in [0.15, 0.2) is 43.0 Å². The predicted molar refractivity (Wildman–Crippen MR) is 132 cm³/mol. The first-order chi connectivity index (χ1) is 16.5. The molecule has 2 fully saturated rings. The maximum absolute atomic E-state index is 14.9. The van der Waals surface area contributed by atoms with E-state index in [-0.39, 0.29) is 17.7 Å². The van der Waals surface area contributed by atoms with Gasteiger partial charge in [-0.05, 0) is 97.8 Å². The Morgan fingerprint density at radius 1 is 0.853 bits per heavy atom. The number of hydrogen-bond acceptors (Lipinski definition) is 1. The molecule has 2 aromatic carbocycles. The number of rotatable bonds is 8. The fourth-order valence-electron chi connectivity index (χ4n) is 5.89. The van der Waals surface area contributed by atoms with Gasteiger partial charge >= 0.3 is 0 Å². The van der Waals surface area contributed by atoms with Gasteiger partial charge in [-0.3, -0.25) is 0 Å². The molecule has 4 heteroatoms. The van der Waals surface area contributed by atoms with Crippen molar-refractivity contribution in [2.45, 2.75) is 83.0 Å². The van der Waals surface area contributed by atoms with E-state index in [9.17, 15) is 13.2 Å². The van der Waals surface area contributed by atoms with Gasteiger partial charge in [0.15, 0.2) is 11.6 Å². The number of benzene rings is 2. The number of aryl methyl sites for hydroxylation is 1. The third-order valence-electron chi connectivity index (χ3n) is 8.10. The van der Waals surface area contributed by atoms with Crippen LogP contribution in [0.4, 0.5) is 13.2 Å². The largest absolute Gasteiger partial charge is 0.489 e. The van der Waals surface area contributed by atoms with Gasteiger partial charge in [0, 0.05) is 6.07 Å². The molecule has 0 spiro atoms. The van der Waals surface area contributed by atoms with Gasteiger partial charge in [-0.25, -0.2) is 13.2 Å². The molecule has 2 aliphatic carbocycles. The number of ether oxygens (including phenoxy) is 1. The molecule has 184 valence electrons. The van der Waals surface area contributed by atoms with Crippen LogP contribution in [0.5, 0.6) is 5.75 Å². The van der Waals surface area contributed by atoms with E-state index in [0.29, 0.717) is 41.7 Å². The van der Waals surface area contributed by atoms with Crippen LogP contribution >= 0.6 is 0 Å². The lowest BCUT2D eigenvalue weighted by molar-refractivity contribution is 0.304. The van der Waals surface area contributed by atoms with Gasteiger partial charge in [-0.1, -0.05) is 50.6 Å². The van der Waals surface area contributed by atoms with Gasteiger partial charge in [0.25, 0.3) is 0 Å². The summed E-state index contributed by atoms with van der Waals surface area (Å²) in [6.45, 7) is 6.20. The van der Waals surface area contributed by atoms with Crippen LogP contribution in [0.1, 0.15) is 93.2 Å². The van der Waals surface area contributed by atoms with Gasteiger partial charge in [0.05, 0.1) is 0 Å². The molecule has 1 nitrogen and oxygen atoms in total. The highest BCUT2D eigenvalue weighted by molar-refractivity contribution is 5.32. The third kappa shape index (κ3) is 5.87. The molecule has 2 saturated carbocycles. The first kappa shape index (κ1) is 24.9. The normalized spacial score (nSPS) is 25.2. The summed E-state index contributed by atoms with van der Waals surface area (Å²) in [5.41, 5.74) is 1.82. The molecule has 0 N–H and O–H groups in total. The van der Waals surface area contributed by atoms with E-state index in [4.69, 9.17) is 4.74 Å². The molecule has 4 rings (SSSR count). The van der Waals surface area contributed by atoms with Crippen molar-refractivity contribution in [3.05, 3.63) is 77.1 Å². The quantitative estimate of drug-likeness (QED) is 0.350. The summed E-state index contributed by atoms with van der Waals surface area (Å²) in [6, 6.07) is 8.76. The van der Waals surface area contributed by atoms with Gasteiger partial charge in [-0.2, -0.15) is 0 Å². The van der Waals surface area contributed by atoms with E-state index in [1.807, 2.05) is 24.3 Å². The van der Waals surface area contributed by atoms with Gasteiger partial charge in [-0.15, -0.1) is 0 Å². The molecule has 0 saturated heterocycles. The van der Waals surface area contributed by atoms with Crippen LogP contribution in [-0.2, 0) is 6.42 Å². The highest BCUT2D eigenvalue weighted by Gasteiger charge is 2.27. The van der Waals surface area contributed by atoms with Gasteiger partial charge < -0.3 is 4.74 Å². The molecular weight excluding hydrogens is 433 g/mol. The molecule has 0 heterocycles. The van der Waals surface area contributed by atoms with Crippen molar-refractivity contribution in [1.29, 1.82) is 0 Å². The van der Waals surface area contributed by atoms with E-state index < -0.39 is 11.6 Å². The van der Waals surface area contributed by atoms with Crippen LogP contribution in [0.2, 0.25) is 0 Å². The minimum atomic E-state index is -0.648. The Kier molecular flexibility index (Phi) is 8.39. The highest BCUT2D eigenvalue weighted by Crippen LogP contribution is 2.40. The summed E-state index contributed by atoms with van der Waals surface area (Å²) in [5, 5.41) is 0. The lowest BCUT2D eigenvalue weighted by atomic mass is 9.76. The van der Waals surface area contributed by atoms with Crippen molar-refractivity contribution in [2.24, 2.45) is 11.8 Å². The maximum atomic E-state index is 14.9. The second-order valence-corrected chi connectivity index (χ2v) is 10.4. The van der Waals surface area contributed by atoms with Crippen molar-refractivity contribution >= 4 is 0 Å².